The average molecular weight is 470 g/mol. The average Bonchev–Trinajstić information content (AvgIpc) is 2.82. The fraction of sp³-hybridized carbons (Fsp3) is 0.231. The number of nitrogen functional groups attached to an aromatic ring is 1. The minimum atomic E-state index is -4.75. The van der Waals surface area contributed by atoms with Crippen molar-refractivity contribution in [2.24, 2.45) is 0 Å². The third-order valence-electron chi connectivity index (χ3n) is 3.03. The molecule has 0 fully saturated rings. The van der Waals surface area contributed by atoms with E-state index in [9.17, 15) is 26.3 Å². The highest BCUT2D eigenvalue weighted by Crippen LogP contribution is 2.46. The van der Waals surface area contributed by atoms with Crippen molar-refractivity contribution >= 4 is 52.4 Å². The summed E-state index contributed by atoms with van der Waals surface area (Å²) in [6.45, 7) is 0. The lowest BCUT2D eigenvalue weighted by Gasteiger charge is -2.15. The van der Waals surface area contributed by atoms with Crippen LogP contribution in [0.1, 0.15) is 11.3 Å². The van der Waals surface area contributed by atoms with Gasteiger partial charge in [-0.1, -0.05) is 34.8 Å². The monoisotopic (exact) mass is 468 g/mol. The summed E-state index contributed by atoms with van der Waals surface area (Å²) in [6, 6.07) is 2.51. The van der Waals surface area contributed by atoms with E-state index in [4.69, 9.17) is 45.8 Å². The lowest BCUT2D eigenvalue weighted by Crippen LogP contribution is -2.20. The van der Waals surface area contributed by atoms with Crippen LogP contribution in [-0.4, -0.2) is 20.7 Å². The van der Waals surface area contributed by atoms with Crippen molar-refractivity contribution in [3.8, 4) is 11.8 Å². The molecule has 1 unspecified atom stereocenters. The Morgan fingerprint density at radius 1 is 1.19 bits per heavy atom. The Morgan fingerprint density at radius 3 is 2.11 bits per heavy atom. The number of nitrogens with zero attached hydrogens (tertiary/aromatic N) is 3. The molecule has 0 aliphatic heterocycles. The first-order chi connectivity index (χ1) is 12.3. The number of rotatable bonds is 4. The van der Waals surface area contributed by atoms with Crippen LogP contribution in [0.25, 0.3) is 5.69 Å². The second kappa shape index (κ2) is 7.50. The van der Waals surface area contributed by atoms with E-state index in [0.29, 0.717) is 16.8 Å². The summed E-state index contributed by atoms with van der Waals surface area (Å²) in [6.07, 6.45) is -4.75. The van der Waals surface area contributed by atoms with Crippen LogP contribution in [0.3, 0.4) is 0 Å². The molecule has 0 spiro atoms. The maximum Gasteiger partial charge on any atom is 0.416 e. The molecule has 2 rings (SSSR count). The van der Waals surface area contributed by atoms with Gasteiger partial charge in [0.25, 0.3) is 0 Å². The number of anilines is 1. The number of hydrogen-bond donors (Lipinski definition) is 1. The van der Waals surface area contributed by atoms with Gasteiger partial charge in [-0.2, -0.15) is 32.3 Å². The Labute approximate surface area is 166 Å². The van der Waals surface area contributed by atoms with E-state index in [1.807, 2.05) is 0 Å². The number of hydrogen-bond acceptors (Lipinski definition) is 4. The molecule has 1 aromatic heterocycles. The van der Waals surface area contributed by atoms with Crippen molar-refractivity contribution < 1.29 is 26.3 Å². The van der Waals surface area contributed by atoms with E-state index in [0.717, 1.165) is 0 Å². The van der Waals surface area contributed by atoms with Crippen molar-refractivity contribution in [3.05, 3.63) is 33.4 Å². The number of benzene rings is 1. The van der Waals surface area contributed by atoms with Crippen molar-refractivity contribution in [1.29, 1.82) is 5.26 Å². The molecule has 1 heterocycles. The van der Waals surface area contributed by atoms with Crippen LogP contribution >= 0.6 is 46.6 Å². The zero-order chi connectivity index (χ0) is 20.7. The Hall–Kier alpha value is -1.48. The lowest BCUT2D eigenvalue weighted by atomic mass is 10.2. The molecule has 0 aliphatic carbocycles. The van der Waals surface area contributed by atoms with Gasteiger partial charge >= 0.3 is 11.4 Å². The molecule has 0 amide bonds. The van der Waals surface area contributed by atoms with Crippen molar-refractivity contribution in [2.75, 3.05) is 5.73 Å². The van der Waals surface area contributed by atoms with Crippen LogP contribution in [0.4, 0.5) is 32.2 Å². The molecule has 146 valence electrons. The van der Waals surface area contributed by atoms with Gasteiger partial charge in [0.15, 0.2) is 5.69 Å². The number of nitrogens with two attached hydrogens (primary N) is 1. The number of thioether (sulfide) groups is 1. The predicted molar refractivity (Wildman–Crippen MR) is 89.3 cm³/mol. The highest BCUT2D eigenvalue weighted by atomic mass is 35.5. The summed E-state index contributed by atoms with van der Waals surface area (Å²) < 4.78 is 79.0. The van der Waals surface area contributed by atoms with Crippen molar-refractivity contribution in [3.63, 3.8) is 0 Å². The van der Waals surface area contributed by atoms with Gasteiger partial charge in [0, 0.05) is 0 Å². The molecular weight excluding hydrogens is 465 g/mol. The van der Waals surface area contributed by atoms with Gasteiger partial charge in [-0.15, -0.1) is 0 Å². The zero-order valence-corrected chi connectivity index (χ0v) is 15.5. The molecule has 0 saturated carbocycles. The van der Waals surface area contributed by atoms with E-state index in [-0.39, 0.29) is 5.69 Å². The maximum atomic E-state index is 13.6. The Kier molecular flexibility index (Phi) is 6.06. The first-order valence-electron chi connectivity index (χ1n) is 6.49. The minimum absolute atomic E-state index is 0.377. The van der Waals surface area contributed by atoms with E-state index in [1.165, 1.54) is 6.07 Å². The van der Waals surface area contributed by atoms with Gasteiger partial charge in [0.1, 0.15) is 17.6 Å². The number of alkyl halides is 7. The molecule has 1 aromatic carbocycles. The largest absolute Gasteiger partial charge is 0.416 e. The Morgan fingerprint density at radius 2 is 1.70 bits per heavy atom. The summed E-state index contributed by atoms with van der Waals surface area (Å²) in [4.78, 5) is -0.641. The molecule has 14 heteroatoms. The van der Waals surface area contributed by atoms with E-state index in [2.05, 4.69) is 5.10 Å². The molecule has 0 radical (unpaired) electrons. The van der Waals surface area contributed by atoms with Gasteiger partial charge in [0.2, 0.25) is 5.63 Å². The topological polar surface area (TPSA) is 67.6 Å². The molecule has 2 aromatic rings. The second-order valence-corrected chi connectivity index (χ2v) is 7.19. The molecular formula is C13H5Cl3F6N4S. The van der Waals surface area contributed by atoms with Crippen LogP contribution in [-0.2, 0) is 6.18 Å². The number of halogens is 9. The maximum absolute atomic E-state index is 13.6. The summed E-state index contributed by atoms with van der Waals surface area (Å²) in [5.74, 6) is -0.614. The van der Waals surface area contributed by atoms with Gasteiger partial charge in [-0.25, -0.2) is 9.07 Å². The SMILES string of the molecule is N#Cc1nn(-c2c(Cl)cc(C(F)(F)F)cc2Cl)c(N)c1SC(F)(F)C(F)Cl. The van der Waals surface area contributed by atoms with Crippen molar-refractivity contribution in [2.45, 2.75) is 22.0 Å². The molecule has 1 atom stereocenters. The fourth-order valence-electron chi connectivity index (χ4n) is 1.87. The van der Waals surface area contributed by atoms with Crippen molar-refractivity contribution in [1.82, 2.24) is 9.78 Å². The summed E-state index contributed by atoms with van der Waals surface area (Å²) in [7, 11) is 0. The highest BCUT2D eigenvalue weighted by molar-refractivity contribution is 8.00. The number of nitriles is 1. The van der Waals surface area contributed by atoms with E-state index in [1.54, 1.807) is 0 Å². The third kappa shape index (κ3) is 4.34. The van der Waals surface area contributed by atoms with Crippen LogP contribution in [0, 0.1) is 11.3 Å². The van der Waals surface area contributed by atoms with E-state index < -0.39 is 60.8 Å². The molecule has 0 bridgehead atoms. The summed E-state index contributed by atoms with van der Waals surface area (Å²) >= 11 is 15.9. The Bertz CT molecular complexity index is 899. The first kappa shape index (κ1) is 21.8. The fourth-order valence-corrected chi connectivity index (χ4v) is 3.39. The van der Waals surface area contributed by atoms with Crippen LogP contribution in [0.2, 0.25) is 10.0 Å². The molecule has 0 saturated heterocycles. The molecule has 27 heavy (non-hydrogen) atoms. The minimum Gasteiger partial charge on any atom is -0.383 e. The van der Waals surface area contributed by atoms with Gasteiger partial charge < -0.3 is 5.73 Å². The molecule has 0 aliphatic rings. The van der Waals surface area contributed by atoms with Gasteiger partial charge in [0.05, 0.1) is 20.5 Å². The predicted octanol–water partition coefficient (Wildman–Crippen LogP) is 5.87. The molecule has 4 nitrogen and oxygen atoms in total. The Balaban J connectivity index is 2.64. The first-order valence-corrected chi connectivity index (χ1v) is 8.50. The quantitative estimate of drug-likeness (QED) is 0.345. The highest BCUT2D eigenvalue weighted by Gasteiger charge is 2.42. The van der Waals surface area contributed by atoms with Gasteiger partial charge in [-0.3, -0.25) is 0 Å². The summed E-state index contributed by atoms with van der Waals surface area (Å²) in [5, 5.41) is 7.38. The third-order valence-corrected chi connectivity index (χ3v) is 5.10. The normalized spacial score (nSPS) is 13.5. The lowest BCUT2D eigenvalue weighted by molar-refractivity contribution is -0.137. The smallest absolute Gasteiger partial charge is 0.383 e. The van der Waals surface area contributed by atoms with Crippen LogP contribution in [0.5, 0.6) is 0 Å². The molecule has 2 N–H and O–H groups in total. The van der Waals surface area contributed by atoms with Crippen LogP contribution in [0.15, 0.2) is 17.0 Å². The number of aromatic nitrogens is 2. The standard InChI is InChI=1S/C13H5Cl3F6N4S/c14-5-1-4(12(18,19)20)2-6(15)8(5)26-10(24)9(7(3-23)25-26)27-13(21,22)11(16)17/h1-2,11H,24H2. The second-order valence-electron chi connectivity index (χ2n) is 4.84. The van der Waals surface area contributed by atoms with Gasteiger partial charge in [-0.05, 0) is 23.9 Å². The van der Waals surface area contributed by atoms with E-state index >= 15 is 0 Å². The zero-order valence-electron chi connectivity index (χ0n) is 12.5. The van der Waals surface area contributed by atoms with Crippen LogP contribution < -0.4 is 5.73 Å². The summed E-state index contributed by atoms with van der Waals surface area (Å²) in [5.41, 5.74) is 0.371.